The summed E-state index contributed by atoms with van der Waals surface area (Å²) in [6.07, 6.45) is 1.10. The number of amides is 1. The number of hydrogen-bond donors (Lipinski definition) is 0. The first kappa shape index (κ1) is 20.7. The van der Waals surface area contributed by atoms with Gasteiger partial charge in [-0.05, 0) is 49.2 Å². The summed E-state index contributed by atoms with van der Waals surface area (Å²) in [6, 6.07) is 15.9. The van der Waals surface area contributed by atoms with Gasteiger partial charge in [-0.25, -0.2) is 0 Å². The second-order valence-electron chi connectivity index (χ2n) is 7.81. The predicted octanol–water partition coefficient (Wildman–Crippen LogP) is 4.48. The van der Waals surface area contributed by atoms with Gasteiger partial charge in [-0.15, -0.1) is 11.3 Å². The largest absolute Gasteiger partial charge is 0.493 e. The van der Waals surface area contributed by atoms with Crippen molar-refractivity contribution in [2.45, 2.75) is 12.3 Å². The molecule has 0 aliphatic carbocycles. The van der Waals surface area contributed by atoms with Gasteiger partial charge in [-0.3, -0.25) is 4.79 Å². The molecule has 4 rings (SSSR count). The van der Waals surface area contributed by atoms with Crippen LogP contribution in [0.15, 0.2) is 48.5 Å². The van der Waals surface area contributed by atoms with Crippen LogP contribution in [0.25, 0.3) is 10.1 Å². The van der Waals surface area contributed by atoms with Crippen LogP contribution in [-0.2, 0) is 0 Å². The Morgan fingerprint density at radius 2 is 1.90 bits per heavy atom. The molecule has 158 valence electrons. The molecule has 0 spiro atoms. The number of fused-ring (bicyclic) bond motifs is 1. The molecule has 1 atom stereocenters. The zero-order chi connectivity index (χ0) is 21.1. The molecule has 5 nitrogen and oxygen atoms in total. The minimum atomic E-state index is 0.0735. The van der Waals surface area contributed by atoms with Crippen molar-refractivity contribution in [3.63, 3.8) is 0 Å². The Morgan fingerprint density at radius 1 is 1.17 bits per heavy atom. The maximum absolute atomic E-state index is 13.4. The summed E-state index contributed by atoms with van der Waals surface area (Å²) in [6.45, 7) is 3.00. The Kier molecular flexibility index (Phi) is 6.25. The summed E-state index contributed by atoms with van der Waals surface area (Å²) in [5, 5.41) is 1.23. The van der Waals surface area contributed by atoms with Crippen LogP contribution < -0.4 is 9.47 Å². The van der Waals surface area contributed by atoms with Crippen LogP contribution in [-0.4, -0.2) is 63.2 Å². The highest BCUT2D eigenvalue weighted by Crippen LogP contribution is 2.40. The third-order valence-electron chi connectivity index (χ3n) is 5.73. The molecule has 0 unspecified atom stereocenters. The molecule has 0 radical (unpaired) electrons. The van der Waals surface area contributed by atoms with Gasteiger partial charge in [0.25, 0.3) is 5.91 Å². The van der Waals surface area contributed by atoms with E-state index in [2.05, 4.69) is 30.1 Å². The molecule has 6 heteroatoms. The third kappa shape index (κ3) is 4.16. The van der Waals surface area contributed by atoms with Crippen molar-refractivity contribution >= 4 is 27.3 Å². The maximum Gasteiger partial charge on any atom is 0.264 e. The number of methoxy groups -OCH3 is 1. The number of benzene rings is 2. The minimum Gasteiger partial charge on any atom is -0.493 e. The number of ether oxygens (including phenoxy) is 2. The van der Waals surface area contributed by atoms with Crippen molar-refractivity contribution in [2.75, 3.05) is 47.4 Å². The SMILES string of the molecule is COc1ccccc1OCCN(C)C(=O)c1sc2ccccc2c1[C@@H]1CCN(C)C1. The Labute approximate surface area is 181 Å². The van der Waals surface area contributed by atoms with E-state index in [-0.39, 0.29) is 5.91 Å². The van der Waals surface area contributed by atoms with E-state index in [1.54, 1.807) is 23.3 Å². The lowest BCUT2D eigenvalue weighted by Crippen LogP contribution is -2.31. The van der Waals surface area contributed by atoms with Gasteiger partial charge in [0.05, 0.1) is 18.5 Å². The molecular weight excluding hydrogens is 396 g/mol. The van der Waals surface area contributed by atoms with Gasteiger partial charge in [0.1, 0.15) is 6.61 Å². The molecule has 1 saturated heterocycles. The number of thiophene rings is 1. The van der Waals surface area contributed by atoms with Crippen molar-refractivity contribution in [2.24, 2.45) is 0 Å². The molecule has 2 heterocycles. The van der Waals surface area contributed by atoms with E-state index in [1.807, 2.05) is 37.4 Å². The van der Waals surface area contributed by atoms with Crippen LogP contribution in [0.1, 0.15) is 27.6 Å². The predicted molar refractivity (Wildman–Crippen MR) is 122 cm³/mol. The lowest BCUT2D eigenvalue weighted by atomic mass is 9.95. The summed E-state index contributed by atoms with van der Waals surface area (Å²) in [7, 11) is 5.63. The van der Waals surface area contributed by atoms with Crippen LogP contribution in [0.3, 0.4) is 0 Å². The number of rotatable bonds is 7. The number of likely N-dealkylation sites (N-methyl/N-ethyl adjacent to an activating group) is 2. The van der Waals surface area contributed by atoms with Crippen molar-refractivity contribution in [3.8, 4) is 11.5 Å². The monoisotopic (exact) mass is 424 g/mol. The molecule has 0 saturated carbocycles. The minimum absolute atomic E-state index is 0.0735. The van der Waals surface area contributed by atoms with Gasteiger partial charge in [0.2, 0.25) is 0 Å². The average Bonchev–Trinajstić information content (AvgIpc) is 3.36. The third-order valence-corrected chi connectivity index (χ3v) is 6.90. The van der Waals surface area contributed by atoms with Crippen molar-refractivity contribution in [1.82, 2.24) is 9.80 Å². The average molecular weight is 425 g/mol. The van der Waals surface area contributed by atoms with E-state index in [0.29, 0.717) is 30.6 Å². The number of likely N-dealkylation sites (tertiary alicyclic amines) is 1. The van der Waals surface area contributed by atoms with E-state index in [0.717, 1.165) is 24.4 Å². The van der Waals surface area contributed by atoms with Gasteiger partial charge in [0, 0.05) is 24.2 Å². The number of hydrogen-bond acceptors (Lipinski definition) is 5. The number of carbonyl (C=O) groups is 1. The standard InChI is InChI=1S/C24H28N2O3S/c1-25-13-12-17(16-25)22-18-8-4-7-11-21(18)30-23(22)24(27)26(2)14-15-29-20-10-6-5-9-19(20)28-3/h4-11,17H,12-16H2,1-3H3/t17-/m1/s1. The van der Waals surface area contributed by atoms with E-state index < -0.39 is 0 Å². The van der Waals surface area contributed by atoms with Crippen molar-refractivity contribution in [3.05, 3.63) is 59.0 Å². The molecule has 0 N–H and O–H groups in total. The first-order chi connectivity index (χ1) is 14.6. The first-order valence-corrected chi connectivity index (χ1v) is 11.1. The number of carbonyl (C=O) groups excluding carboxylic acids is 1. The second kappa shape index (κ2) is 9.06. The van der Waals surface area contributed by atoms with Crippen molar-refractivity contribution in [1.29, 1.82) is 0 Å². The highest BCUT2D eigenvalue weighted by atomic mass is 32.1. The van der Waals surface area contributed by atoms with Crippen LogP contribution in [0.5, 0.6) is 11.5 Å². The fraction of sp³-hybridized carbons (Fsp3) is 0.375. The van der Waals surface area contributed by atoms with Gasteiger partial charge >= 0.3 is 0 Å². The van der Waals surface area contributed by atoms with Crippen molar-refractivity contribution < 1.29 is 14.3 Å². The fourth-order valence-corrected chi connectivity index (χ4v) is 5.39. The summed E-state index contributed by atoms with van der Waals surface area (Å²) in [5.41, 5.74) is 1.22. The summed E-state index contributed by atoms with van der Waals surface area (Å²) < 4.78 is 12.4. The van der Waals surface area contributed by atoms with Gasteiger partial charge in [-0.1, -0.05) is 30.3 Å². The first-order valence-electron chi connectivity index (χ1n) is 10.3. The smallest absolute Gasteiger partial charge is 0.264 e. The highest BCUT2D eigenvalue weighted by molar-refractivity contribution is 7.21. The Morgan fingerprint density at radius 3 is 2.63 bits per heavy atom. The zero-order valence-electron chi connectivity index (χ0n) is 17.8. The van der Waals surface area contributed by atoms with Crippen LogP contribution in [0.2, 0.25) is 0 Å². The lowest BCUT2D eigenvalue weighted by molar-refractivity contribution is 0.0776. The Bertz CT molecular complexity index is 1030. The van der Waals surface area contributed by atoms with Crippen LogP contribution in [0, 0.1) is 0 Å². The van der Waals surface area contributed by atoms with E-state index in [4.69, 9.17) is 9.47 Å². The zero-order valence-corrected chi connectivity index (χ0v) is 18.6. The highest BCUT2D eigenvalue weighted by Gasteiger charge is 2.30. The number of nitrogens with zero attached hydrogens (tertiary/aromatic N) is 2. The molecule has 0 bridgehead atoms. The molecule has 3 aromatic rings. The topological polar surface area (TPSA) is 42.0 Å². The normalized spacial score (nSPS) is 16.7. The molecule has 2 aromatic carbocycles. The molecule has 1 aliphatic heterocycles. The summed E-state index contributed by atoms with van der Waals surface area (Å²) >= 11 is 1.61. The summed E-state index contributed by atoms with van der Waals surface area (Å²) in [5.74, 6) is 1.87. The van der Waals surface area contributed by atoms with E-state index >= 15 is 0 Å². The fourth-order valence-electron chi connectivity index (χ4n) is 4.11. The second-order valence-corrected chi connectivity index (χ2v) is 8.87. The molecule has 30 heavy (non-hydrogen) atoms. The van der Waals surface area contributed by atoms with E-state index in [1.165, 1.54) is 15.6 Å². The molecule has 1 fully saturated rings. The lowest BCUT2D eigenvalue weighted by Gasteiger charge is -2.19. The van der Waals surface area contributed by atoms with Gasteiger partial charge in [-0.2, -0.15) is 0 Å². The molecule has 1 aromatic heterocycles. The Hall–Kier alpha value is -2.57. The van der Waals surface area contributed by atoms with Crippen LogP contribution >= 0.6 is 11.3 Å². The maximum atomic E-state index is 13.4. The Balaban J connectivity index is 1.51. The quantitative estimate of drug-likeness (QED) is 0.561. The van der Waals surface area contributed by atoms with Gasteiger partial charge < -0.3 is 19.3 Å². The molecule has 1 amide bonds. The molecule has 1 aliphatic rings. The van der Waals surface area contributed by atoms with Gasteiger partial charge in [0.15, 0.2) is 11.5 Å². The number of para-hydroxylation sites is 2. The van der Waals surface area contributed by atoms with Crippen LogP contribution in [0.4, 0.5) is 0 Å². The van der Waals surface area contributed by atoms with E-state index in [9.17, 15) is 4.79 Å². The summed E-state index contributed by atoms with van der Waals surface area (Å²) in [4.78, 5) is 18.4. The molecular formula is C24H28N2O3S.